The molecule has 2 N–H and O–H groups in total. The number of thioether (sulfide) groups is 1. The van der Waals surface area contributed by atoms with Gasteiger partial charge in [0.25, 0.3) is 5.56 Å². The van der Waals surface area contributed by atoms with Gasteiger partial charge in [0.15, 0.2) is 5.16 Å². The van der Waals surface area contributed by atoms with Gasteiger partial charge in [-0.15, -0.1) is 0 Å². The van der Waals surface area contributed by atoms with Gasteiger partial charge in [0, 0.05) is 12.5 Å². The van der Waals surface area contributed by atoms with Gasteiger partial charge in [-0.25, -0.2) is 4.98 Å². The molecule has 38 heavy (non-hydrogen) atoms. The Bertz CT molecular complexity index is 1420. The summed E-state index contributed by atoms with van der Waals surface area (Å²) in [5.74, 6) is 1.62. The predicted octanol–water partition coefficient (Wildman–Crippen LogP) is 4.11. The van der Waals surface area contributed by atoms with Crippen molar-refractivity contribution in [2.75, 3.05) is 5.75 Å². The number of nitrogens with zero attached hydrogens (tertiary/aromatic N) is 2. The number of rotatable bonds is 10. The van der Waals surface area contributed by atoms with Crippen molar-refractivity contribution < 1.29 is 18.4 Å². The highest BCUT2D eigenvalue weighted by Gasteiger charge is 2.27. The van der Waals surface area contributed by atoms with Crippen molar-refractivity contribution in [2.45, 2.75) is 50.5 Å². The molecule has 10 heteroatoms. The Labute approximate surface area is 224 Å². The molecule has 0 bridgehead atoms. The number of aromatic nitrogens is 2. The zero-order valence-electron chi connectivity index (χ0n) is 20.9. The number of hydrogen-bond donors (Lipinski definition) is 2. The Morgan fingerprint density at radius 1 is 0.921 bits per heavy atom. The summed E-state index contributed by atoms with van der Waals surface area (Å²) in [5, 5.41) is 6.88. The van der Waals surface area contributed by atoms with Gasteiger partial charge in [-0.1, -0.05) is 23.9 Å². The third kappa shape index (κ3) is 6.36. The minimum absolute atomic E-state index is 0.0423. The molecule has 1 aliphatic rings. The van der Waals surface area contributed by atoms with Crippen LogP contribution in [0.15, 0.2) is 79.8 Å². The van der Waals surface area contributed by atoms with Crippen LogP contribution in [-0.2, 0) is 29.2 Å². The zero-order chi connectivity index (χ0) is 26.3. The fourth-order valence-corrected chi connectivity index (χ4v) is 5.63. The van der Waals surface area contributed by atoms with Crippen molar-refractivity contribution in [2.24, 2.45) is 11.8 Å². The summed E-state index contributed by atoms with van der Waals surface area (Å²) in [6, 6.07) is 14.5. The van der Waals surface area contributed by atoms with Crippen LogP contribution in [0.4, 0.5) is 0 Å². The molecule has 3 heterocycles. The van der Waals surface area contributed by atoms with Crippen LogP contribution in [0.5, 0.6) is 0 Å². The molecule has 2 amide bonds. The molecule has 1 aliphatic carbocycles. The fourth-order valence-electron chi connectivity index (χ4n) is 4.80. The monoisotopic (exact) mass is 534 g/mol. The van der Waals surface area contributed by atoms with Crippen molar-refractivity contribution in [1.29, 1.82) is 0 Å². The molecule has 1 saturated carbocycles. The molecule has 4 aromatic rings. The van der Waals surface area contributed by atoms with E-state index in [1.54, 1.807) is 41.4 Å². The maximum absolute atomic E-state index is 13.4. The van der Waals surface area contributed by atoms with Crippen molar-refractivity contribution in [3.05, 3.63) is 82.9 Å². The van der Waals surface area contributed by atoms with E-state index in [0.29, 0.717) is 41.5 Å². The Morgan fingerprint density at radius 3 is 2.29 bits per heavy atom. The van der Waals surface area contributed by atoms with Gasteiger partial charge in [-0.3, -0.25) is 19.0 Å². The third-order valence-corrected chi connectivity index (χ3v) is 7.85. The van der Waals surface area contributed by atoms with Crippen LogP contribution >= 0.6 is 11.8 Å². The fraction of sp³-hybridized carbons (Fsp3) is 0.357. The van der Waals surface area contributed by atoms with E-state index < -0.39 is 0 Å². The second kappa shape index (κ2) is 12.2. The minimum atomic E-state index is -0.165. The molecule has 1 fully saturated rings. The second-order valence-corrected chi connectivity index (χ2v) is 10.4. The van der Waals surface area contributed by atoms with Crippen molar-refractivity contribution in [3.63, 3.8) is 0 Å². The molecule has 5 rings (SSSR count). The molecule has 0 saturated heterocycles. The van der Waals surface area contributed by atoms with E-state index in [4.69, 9.17) is 13.8 Å². The summed E-state index contributed by atoms with van der Waals surface area (Å²) < 4.78 is 12.2. The SMILES string of the molecule is O=C(CSc1nc2ccccc2c(=O)n1CC1CCC(C(=O)NCc2ccco2)CC1)NCc1ccco1. The van der Waals surface area contributed by atoms with Crippen LogP contribution < -0.4 is 16.2 Å². The summed E-state index contributed by atoms with van der Waals surface area (Å²) in [5.41, 5.74) is 0.511. The highest BCUT2D eigenvalue weighted by molar-refractivity contribution is 7.99. The highest BCUT2D eigenvalue weighted by Crippen LogP contribution is 2.31. The largest absolute Gasteiger partial charge is 0.467 e. The maximum Gasteiger partial charge on any atom is 0.262 e. The first-order valence-corrected chi connectivity index (χ1v) is 13.8. The van der Waals surface area contributed by atoms with Crippen LogP contribution in [0.25, 0.3) is 10.9 Å². The number of carbonyl (C=O) groups is 2. The maximum atomic E-state index is 13.4. The third-order valence-electron chi connectivity index (χ3n) is 6.87. The van der Waals surface area contributed by atoms with Gasteiger partial charge in [0.05, 0.1) is 42.3 Å². The van der Waals surface area contributed by atoms with E-state index >= 15 is 0 Å². The average molecular weight is 535 g/mol. The molecular weight excluding hydrogens is 504 g/mol. The molecule has 1 aromatic carbocycles. The minimum Gasteiger partial charge on any atom is -0.467 e. The van der Waals surface area contributed by atoms with Crippen molar-refractivity contribution in [1.82, 2.24) is 20.2 Å². The smallest absolute Gasteiger partial charge is 0.262 e. The molecule has 3 aromatic heterocycles. The molecule has 9 nitrogen and oxygen atoms in total. The highest BCUT2D eigenvalue weighted by atomic mass is 32.2. The van der Waals surface area contributed by atoms with Gasteiger partial charge in [-0.05, 0) is 68.0 Å². The van der Waals surface area contributed by atoms with Crippen LogP contribution in [-0.4, -0.2) is 27.1 Å². The van der Waals surface area contributed by atoms with Gasteiger partial charge in [0.2, 0.25) is 11.8 Å². The lowest BCUT2D eigenvalue weighted by Crippen LogP contribution is -2.34. The van der Waals surface area contributed by atoms with Crippen molar-refractivity contribution in [3.8, 4) is 0 Å². The molecule has 0 atom stereocenters. The Balaban J connectivity index is 1.22. The van der Waals surface area contributed by atoms with E-state index in [1.165, 1.54) is 11.8 Å². The Hall–Kier alpha value is -3.79. The number of benzene rings is 1. The normalized spacial score (nSPS) is 17.4. The first kappa shape index (κ1) is 25.8. The number of para-hydroxylation sites is 1. The molecule has 0 unspecified atom stereocenters. The number of fused-ring (bicyclic) bond motifs is 1. The summed E-state index contributed by atoms with van der Waals surface area (Å²) in [6.07, 6.45) is 6.37. The molecule has 0 spiro atoms. The van der Waals surface area contributed by atoms with Crippen LogP contribution in [0.1, 0.15) is 37.2 Å². The van der Waals surface area contributed by atoms with Gasteiger partial charge < -0.3 is 19.5 Å². The predicted molar refractivity (Wildman–Crippen MR) is 143 cm³/mol. The number of hydrogen-bond acceptors (Lipinski definition) is 7. The summed E-state index contributed by atoms with van der Waals surface area (Å²) in [4.78, 5) is 43.3. The second-order valence-electron chi connectivity index (χ2n) is 9.49. The average Bonchev–Trinajstić information content (AvgIpc) is 3.66. The number of carbonyl (C=O) groups excluding carboxylic acids is 2. The first-order valence-electron chi connectivity index (χ1n) is 12.8. The topological polar surface area (TPSA) is 119 Å². The van der Waals surface area contributed by atoms with E-state index in [-0.39, 0.29) is 35.0 Å². The van der Waals surface area contributed by atoms with E-state index in [2.05, 4.69) is 10.6 Å². The number of amides is 2. The first-order chi connectivity index (χ1) is 18.6. The van der Waals surface area contributed by atoms with Crippen LogP contribution in [0.3, 0.4) is 0 Å². The molecule has 0 radical (unpaired) electrons. The molecule has 0 aliphatic heterocycles. The Morgan fingerprint density at radius 2 is 1.61 bits per heavy atom. The van der Waals surface area contributed by atoms with E-state index in [1.807, 2.05) is 24.3 Å². The summed E-state index contributed by atoms with van der Waals surface area (Å²) in [7, 11) is 0. The summed E-state index contributed by atoms with van der Waals surface area (Å²) >= 11 is 1.26. The van der Waals surface area contributed by atoms with Gasteiger partial charge in [-0.2, -0.15) is 0 Å². The lowest BCUT2D eigenvalue weighted by molar-refractivity contribution is -0.126. The quantitative estimate of drug-likeness (QED) is 0.232. The van der Waals surface area contributed by atoms with Gasteiger partial charge in [0.1, 0.15) is 11.5 Å². The standard InChI is InChI=1S/C28H30N4O5S/c33-25(29-15-21-5-3-13-36-21)18-38-28-31-24-8-2-1-7-23(24)27(35)32(28)17-19-9-11-20(12-10-19)26(34)30-16-22-6-4-14-37-22/h1-8,13-14,19-20H,9-12,15-18H2,(H,29,33)(H,30,34). The van der Waals surface area contributed by atoms with Crippen LogP contribution in [0, 0.1) is 11.8 Å². The number of furan rings is 2. The van der Waals surface area contributed by atoms with E-state index in [9.17, 15) is 14.4 Å². The Kier molecular flexibility index (Phi) is 8.28. The molecular formula is C28H30N4O5S. The lowest BCUT2D eigenvalue weighted by atomic mass is 9.81. The molecule has 198 valence electrons. The summed E-state index contributed by atoms with van der Waals surface area (Å²) in [6.45, 7) is 1.20. The van der Waals surface area contributed by atoms with Gasteiger partial charge >= 0.3 is 0 Å². The number of nitrogens with one attached hydrogen (secondary N) is 2. The zero-order valence-corrected chi connectivity index (χ0v) is 21.7. The lowest BCUT2D eigenvalue weighted by Gasteiger charge is -2.28. The van der Waals surface area contributed by atoms with E-state index in [0.717, 1.165) is 31.4 Å². The van der Waals surface area contributed by atoms with Crippen molar-refractivity contribution >= 4 is 34.5 Å². The van der Waals surface area contributed by atoms with Crippen LogP contribution in [0.2, 0.25) is 0 Å².